The van der Waals surface area contributed by atoms with Crippen LogP contribution in [0.15, 0.2) is 65.8 Å². The van der Waals surface area contributed by atoms with Gasteiger partial charge in [-0.1, -0.05) is 0 Å². The van der Waals surface area contributed by atoms with Gasteiger partial charge in [0.25, 0.3) is 0 Å². The zero-order chi connectivity index (χ0) is 18.6. The molecule has 0 aliphatic heterocycles. The highest BCUT2D eigenvalue weighted by Crippen LogP contribution is 2.18. The molecule has 0 spiro atoms. The van der Waals surface area contributed by atoms with Crippen molar-refractivity contribution in [2.75, 3.05) is 7.11 Å². The lowest BCUT2D eigenvalue weighted by Gasteiger charge is -2.08. The predicted octanol–water partition coefficient (Wildman–Crippen LogP) is 2.77. The molecule has 1 N–H and O–H groups in total. The van der Waals surface area contributed by atoms with Crippen LogP contribution in [0.3, 0.4) is 0 Å². The normalized spacial score (nSPS) is 11.3. The van der Waals surface area contributed by atoms with Gasteiger partial charge in [-0.25, -0.2) is 27.5 Å². The molecular weight excluding hydrogens is 357 g/mol. The number of nitrogens with one attached hydrogen (secondary N) is 1. The van der Waals surface area contributed by atoms with Crippen LogP contribution in [0.25, 0.3) is 11.3 Å². The highest BCUT2D eigenvalue weighted by molar-refractivity contribution is 7.89. The minimum absolute atomic E-state index is 0.00504. The SMILES string of the molecule is COc1ccc(S(=O)(=O)NCc2cc(-c3ccc(F)cc3)ncn2)cc1. The predicted molar refractivity (Wildman–Crippen MR) is 94.4 cm³/mol. The van der Waals surface area contributed by atoms with Crippen molar-refractivity contribution in [1.29, 1.82) is 0 Å². The molecule has 0 bridgehead atoms. The van der Waals surface area contributed by atoms with E-state index in [0.717, 1.165) is 0 Å². The molecule has 3 rings (SSSR count). The third kappa shape index (κ3) is 4.22. The molecule has 26 heavy (non-hydrogen) atoms. The minimum atomic E-state index is -3.68. The number of hydrogen-bond donors (Lipinski definition) is 1. The fraction of sp³-hybridized carbons (Fsp3) is 0.111. The smallest absolute Gasteiger partial charge is 0.240 e. The van der Waals surface area contributed by atoms with Crippen LogP contribution in [0, 0.1) is 5.82 Å². The molecule has 0 unspecified atom stereocenters. The van der Waals surface area contributed by atoms with Crippen molar-refractivity contribution in [2.45, 2.75) is 11.4 Å². The summed E-state index contributed by atoms with van der Waals surface area (Å²) in [6, 6.07) is 13.6. The molecule has 6 nitrogen and oxygen atoms in total. The van der Waals surface area contributed by atoms with Gasteiger partial charge in [0.15, 0.2) is 0 Å². The van der Waals surface area contributed by atoms with E-state index in [9.17, 15) is 12.8 Å². The van der Waals surface area contributed by atoms with Crippen molar-refractivity contribution in [3.8, 4) is 17.0 Å². The van der Waals surface area contributed by atoms with E-state index < -0.39 is 10.0 Å². The first kappa shape index (κ1) is 18.0. The molecule has 3 aromatic rings. The topological polar surface area (TPSA) is 81.2 Å². The van der Waals surface area contributed by atoms with Crippen LogP contribution in [0.2, 0.25) is 0 Å². The van der Waals surface area contributed by atoms with E-state index in [0.29, 0.717) is 22.7 Å². The van der Waals surface area contributed by atoms with E-state index >= 15 is 0 Å². The third-order valence-electron chi connectivity index (χ3n) is 3.68. The molecule has 8 heteroatoms. The highest BCUT2D eigenvalue weighted by Gasteiger charge is 2.14. The number of sulfonamides is 1. The van der Waals surface area contributed by atoms with Crippen molar-refractivity contribution in [2.24, 2.45) is 0 Å². The number of nitrogens with zero attached hydrogens (tertiary/aromatic N) is 2. The Bertz CT molecular complexity index is 991. The number of benzene rings is 2. The van der Waals surface area contributed by atoms with E-state index in [2.05, 4.69) is 14.7 Å². The van der Waals surface area contributed by atoms with Gasteiger partial charge in [-0.15, -0.1) is 0 Å². The van der Waals surface area contributed by atoms with Gasteiger partial charge in [-0.2, -0.15) is 0 Å². The van der Waals surface area contributed by atoms with Gasteiger partial charge in [-0.3, -0.25) is 0 Å². The number of rotatable bonds is 6. The van der Waals surface area contributed by atoms with E-state index in [1.54, 1.807) is 30.3 Å². The Morgan fingerprint density at radius 2 is 1.73 bits per heavy atom. The summed E-state index contributed by atoms with van der Waals surface area (Å²) in [6.45, 7) is 0.00504. The van der Waals surface area contributed by atoms with Crippen LogP contribution in [0.4, 0.5) is 4.39 Å². The first-order valence-electron chi connectivity index (χ1n) is 7.68. The summed E-state index contributed by atoms with van der Waals surface area (Å²) < 4.78 is 45.3. The standard InChI is InChI=1S/C18H16FN3O3S/c1-25-16-6-8-17(9-7-16)26(23,24)22-11-15-10-18(21-12-20-15)13-2-4-14(19)5-3-13/h2-10,12,22H,11H2,1H3. The number of halogens is 1. The number of methoxy groups -OCH3 is 1. The largest absolute Gasteiger partial charge is 0.497 e. The zero-order valence-corrected chi connectivity index (χ0v) is 14.7. The van der Waals surface area contributed by atoms with E-state index in [1.165, 1.54) is 37.7 Å². The monoisotopic (exact) mass is 373 g/mol. The maximum atomic E-state index is 13.0. The van der Waals surface area contributed by atoms with E-state index in [4.69, 9.17) is 4.74 Å². The molecular formula is C18H16FN3O3S. The first-order valence-corrected chi connectivity index (χ1v) is 9.17. The Morgan fingerprint density at radius 1 is 1.04 bits per heavy atom. The van der Waals surface area contributed by atoms with Crippen LogP contribution < -0.4 is 9.46 Å². The second-order valence-electron chi connectivity index (χ2n) is 5.40. The van der Waals surface area contributed by atoms with Gasteiger partial charge in [0, 0.05) is 5.56 Å². The average molecular weight is 373 g/mol. The molecule has 1 aromatic heterocycles. The summed E-state index contributed by atoms with van der Waals surface area (Å²) in [5.41, 5.74) is 1.79. The van der Waals surface area contributed by atoms with E-state index in [-0.39, 0.29) is 17.3 Å². The van der Waals surface area contributed by atoms with Gasteiger partial charge in [0.05, 0.1) is 29.9 Å². The fourth-order valence-electron chi connectivity index (χ4n) is 2.28. The van der Waals surface area contributed by atoms with Gasteiger partial charge >= 0.3 is 0 Å². The van der Waals surface area contributed by atoms with Crippen molar-refractivity contribution in [3.05, 3.63) is 72.4 Å². The molecule has 0 radical (unpaired) electrons. The Hall–Kier alpha value is -2.84. The molecule has 0 amide bonds. The van der Waals surface area contributed by atoms with Crippen LogP contribution in [-0.4, -0.2) is 25.5 Å². The van der Waals surface area contributed by atoms with Crippen LogP contribution in [0.1, 0.15) is 5.69 Å². The lowest BCUT2D eigenvalue weighted by atomic mass is 10.1. The summed E-state index contributed by atoms with van der Waals surface area (Å²) in [7, 11) is -2.17. The Balaban J connectivity index is 1.74. The summed E-state index contributed by atoms with van der Waals surface area (Å²) in [5.74, 6) is 0.235. The molecule has 0 fully saturated rings. The maximum Gasteiger partial charge on any atom is 0.240 e. The van der Waals surface area contributed by atoms with Crippen molar-refractivity contribution in [3.63, 3.8) is 0 Å². The maximum absolute atomic E-state index is 13.0. The summed E-state index contributed by atoms with van der Waals surface area (Å²) in [4.78, 5) is 8.34. The van der Waals surface area contributed by atoms with Gasteiger partial charge < -0.3 is 4.74 Å². The van der Waals surface area contributed by atoms with Crippen LogP contribution in [0.5, 0.6) is 5.75 Å². The molecule has 0 atom stereocenters. The Labute approximate surface area is 150 Å². The summed E-state index contributed by atoms with van der Waals surface area (Å²) >= 11 is 0. The van der Waals surface area contributed by atoms with Crippen molar-refractivity contribution < 1.29 is 17.5 Å². The second-order valence-corrected chi connectivity index (χ2v) is 7.17. The Morgan fingerprint density at radius 3 is 2.38 bits per heavy atom. The molecule has 0 saturated carbocycles. The summed E-state index contributed by atoms with van der Waals surface area (Å²) in [5, 5.41) is 0. The summed E-state index contributed by atoms with van der Waals surface area (Å²) in [6.07, 6.45) is 1.34. The van der Waals surface area contributed by atoms with Crippen molar-refractivity contribution >= 4 is 10.0 Å². The fourth-order valence-corrected chi connectivity index (χ4v) is 3.28. The lowest BCUT2D eigenvalue weighted by molar-refractivity contribution is 0.414. The first-order chi connectivity index (χ1) is 12.5. The zero-order valence-electron chi connectivity index (χ0n) is 13.9. The molecule has 134 valence electrons. The molecule has 0 aliphatic carbocycles. The van der Waals surface area contributed by atoms with Gasteiger partial charge in [-0.05, 0) is 54.6 Å². The van der Waals surface area contributed by atoms with Crippen LogP contribution in [-0.2, 0) is 16.6 Å². The highest BCUT2D eigenvalue weighted by atomic mass is 32.2. The molecule has 0 saturated heterocycles. The van der Waals surface area contributed by atoms with E-state index in [1.807, 2.05) is 0 Å². The second kappa shape index (κ2) is 7.59. The van der Waals surface area contributed by atoms with Gasteiger partial charge in [0.2, 0.25) is 10.0 Å². The lowest BCUT2D eigenvalue weighted by Crippen LogP contribution is -2.23. The number of hydrogen-bond acceptors (Lipinski definition) is 5. The third-order valence-corrected chi connectivity index (χ3v) is 5.09. The molecule has 0 aliphatic rings. The quantitative estimate of drug-likeness (QED) is 0.719. The molecule has 2 aromatic carbocycles. The molecule has 1 heterocycles. The number of ether oxygens (including phenoxy) is 1. The Kier molecular flexibility index (Phi) is 5.24. The minimum Gasteiger partial charge on any atom is -0.497 e. The number of aromatic nitrogens is 2. The van der Waals surface area contributed by atoms with Crippen molar-refractivity contribution in [1.82, 2.24) is 14.7 Å². The van der Waals surface area contributed by atoms with Gasteiger partial charge in [0.1, 0.15) is 17.9 Å². The average Bonchev–Trinajstić information content (AvgIpc) is 2.67. The van der Waals surface area contributed by atoms with Crippen LogP contribution >= 0.6 is 0 Å².